The first-order valence-electron chi connectivity index (χ1n) is 16.6. The highest BCUT2D eigenvalue weighted by molar-refractivity contribution is 7.88. The second-order valence-electron chi connectivity index (χ2n) is 13.0. The zero-order valence-electron chi connectivity index (χ0n) is 27.3. The molecule has 2 saturated heterocycles. The van der Waals surface area contributed by atoms with Crippen molar-refractivity contribution < 1.29 is 47.9 Å². The van der Waals surface area contributed by atoms with E-state index in [1.165, 1.54) is 24.3 Å². The minimum Gasteiger partial charge on any atom is -0.394 e. The van der Waals surface area contributed by atoms with Crippen molar-refractivity contribution in [2.75, 3.05) is 24.3 Å². The maximum Gasteiger partial charge on any atom is 0.233 e. The highest BCUT2D eigenvalue weighted by Crippen LogP contribution is 2.46. The Balaban J connectivity index is 1.28. The van der Waals surface area contributed by atoms with Crippen LogP contribution in [0.1, 0.15) is 60.1 Å². The summed E-state index contributed by atoms with van der Waals surface area (Å²) in [4.78, 5) is 15.4. The van der Waals surface area contributed by atoms with Crippen molar-refractivity contribution >= 4 is 21.6 Å². The topological polar surface area (TPSA) is 177 Å². The molecule has 0 radical (unpaired) electrons. The van der Waals surface area contributed by atoms with Gasteiger partial charge in [0.25, 0.3) is 0 Å². The summed E-state index contributed by atoms with van der Waals surface area (Å²) in [7, 11) is -3.25. The van der Waals surface area contributed by atoms with Crippen LogP contribution in [0.5, 0.6) is 0 Å². The van der Waals surface area contributed by atoms with Crippen LogP contribution < -0.4 is 9.62 Å². The number of β-lactam (4-membered cyclic amide) rings is 1. The van der Waals surface area contributed by atoms with Crippen LogP contribution in [-0.4, -0.2) is 89.8 Å². The Hall–Kier alpha value is -3.27. The van der Waals surface area contributed by atoms with Crippen molar-refractivity contribution in [1.82, 2.24) is 4.72 Å². The van der Waals surface area contributed by atoms with E-state index in [4.69, 9.17) is 4.74 Å². The van der Waals surface area contributed by atoms with E-state index >= 15 is 0 Å². The number of halogens is 1. The molecule has 0 aromatic heterocycles. The summed E-state index contributed by atoms with van der Waals surface area (Å²) >= 11 is 0. The molecule has 0 aliphatic carbocycles. The third-order valence-corrected chi connectivity index (χ3v) is 10.2. The molecule has 0 saturated carbocycles. The fourth-order valence-electron chi connectivity index (χ4n) is 6.67. The molecule has 0 spiro atoms. The summed E-state index contributed by atoms with van der Waals surface area (Å²) in [5, 5.41) is 50.9. The first-order chi connectivity index (χ1) is 23.4. The molecule has 266 valence electrons. The predicted molar refractivity (Wildman–Crippen MR) is 180 cm³/mol. The average molecular weight is 701 g/mol. The predicted octanol–water partition coefficient (Wildman–Crippen LogP) is 2.30. The Morgan fingerprint density at radius 3 is 2.10 bits per heavy atom. The molecule has 1 unspecified atom stereocenters. The largest absolute Gasteiger partial charge is 0.394 e. The molecular formula is C36H45FN2O9S. The van der Waals surface area contributed by atoms with E-state index in [-0.39, 0.29) is 11.9 Å². The second kappa shape index (κ2) is 16.2. The third-order valence-electron chi connectivity index (χ3n) is 9.47. The number of amides is 1. The number of aliphatic hydroxyl groups is 5. The van der Waals surface area contributed by atoms with E-state index in [0.717, 1.165) is 28.6 Å². The van der Waals surface area contributed by atoms with Crippen molar-refractivity contribution in [2.45, 2.75) is 81.2 Å². The number of rotatable bonds is 15. The molecule has 49 heavy (non-hydrogen) atoms. The Morgan fingerprint density at radius 1 is 0.857 bits per heavy atom. The van der Waals surface area contributed by atoms with Crippen LogP contribution in [0.25, 0.3) is 0 Å². The summed E-state index contributed by atoms with van der Waals surface area (Å²) in [6.45, 7) is -0.155. The monoisotopic (exact) mass is 700 g/mol. The zero-order valence-corrected chi connectivity index (χ0v) is 28.1. The molecular weight excluding hydrogens is 655 g/mol. The lowest BCUT2D eigenvalue weighted by atomic mass is 9.78. The first-order valence-corrected chi connectivity index (χ1v) is 18.4. The molecule has 11 nitrogen and oxygen atoms in total. The summed E-state index contributed by atoms with van der Waals surface area (Å²) in [6.07, 6.45) is -2.77. The van der Waals surface area contributed by atoms with E-state index in [1.54, 1.807) is 4.90 Å². The molecule has 3 aromatic rings. The summed E-state index contributed by atoms with van der Waals surface area (Å²) in [5.41, 5.74) is 4.12. The van der Waals surface area contributed by atoms with Gasteiger partial charge in [-0.2, -0.15) is 0 Å². The fraction of sp³-hybridized carbons (Fsp3) is 0.472. The van der Waals surface area contributed by atoms with Crippen LogP contribution in [0.15, 0.2) is 72.8 Å². The number of hydrogen-bond donors (Lipinski definition) is 6. The molecule has 1 amide bonds. The molecule has 2 fully saturated rings. The Bertz CT molecular complexity index is 1640. The van der Waals surface area contributed by atoms with Gasteiger partial charge in [0.1, 0.15) is 30.2 Å². The number of anilines is 1. The van der Waals surface area contributed by atoms with E-state index in [0.29, 0.717) is 50.6 Å². The number of ether oxygens (including phenoxy) is 1. The number of carbonyl (C=O) groups is 1. The number of benzene rings is 3. The van der Waals surface area contributed by atoms with Gasteiger partial charge in [0, 0.05) is 12.2 Å². The standard InChI is InChI=1S/C36H45FN2O9S/c1-49(46,47)38-20-2-3-22-6-15-27(16-7-22)39-32(28(36(39)45)17-18-29(41)24-11-13-26(37)14-12-24)25-9-4-23(5-10-25)8-19-30-33(42)35(44)34(43)31(21-40)48-30/h4-7,9-16,28-35,38,40-44H,2-3,8,17-21H2,1H3/t28-,29+,30?,31-,32-,33+,34-,35-/m1/s1. The Labute approximate surface area is 286 Å². The zero-order chi connectivity index (χ0) is 35.3. The maximum atomic E-state index is 13.6. The normalized spacial score (nSPS) is 26.4. The highest BCUT2D eigenvalue weighted by Gasteiger charge is 2.48. The van der Waals surface area contributed by atoms with E-state index in [2.05, 4.69) is 4.72 Å². The number of carbonyl (C=O) groups excluding carboxylic acids is 1. The van der Waals surface area contributed by atoms with Crippen LogP contribution in [0.2, 0.25) is 0 Å². The number of aryl methyl sites for hydroxylation is 2. The lowest BCUT2D eigenvalue weighted by Gasteiger charge is -2.48. The molecule has 2 aliphatic rings. The Kier molecular flexibility index (Phi) is 12.2. The van der Waals surface area contributed by atoms with Gasteiger partial charge in [-0.3, -0.25) is 4.79 Å². The van der Waals surface area contributed by atoms with Gasteiger partial charge in [0.05, 0.1) is 37.0 Å². The van der Waals surface area contributed by atoms with Crippen molar-refractivity contribution in [3.8, 4) is 0 Å². The third kappa shape index (κ3) is 9.10. The summed E-state index contributed by atoms with van der Waals surface area (Å²) in [5.74, 6) is -0.876. The minimum absolute atomic E-state index is 0.0758. The fourth-order valence-corrected chi connectivity index (χ4v) is 7.18. The molecule has 2 aliphatic heterocycles. The molecule has 0 bridgehead atoms. The van der Waals surface area contributed by atoms with Crippen LogP contribution in [-0.2, 0) is 32.4 Å². The van der Waals surface area contributed by atoms with Crippen LogP contribution in [0.4, 0.5) is 10.1 Å². The van der Waals surface area contributed by atoms with Gasteiger partial charge in [0.15, 0.2) is 0 Å². The lowest BCUT2D eigenvalue weighted by Crippen LogP contribution is -2.58. The van der Waals surface area contributed by atoms with Crippen LogP contribution in [0.3, 0.4) is 0 Å². The van der Waals surface area contributed by atoms with E-state index < -0.39 is 65.0 Å². The van der Waals surface area contributed by atoms with Crippen LogP contribution in [0, 0.1) is 11.7 Å². The van der Waals surface area contributed by atoms with Crippen molar-refractivity contribution in [3.05, 3.63) is 101 Å². The molecule has 8 atom stereocenters. The second-order valence-corrected chi connectivity index (χ2v) is 14.8. The lowest BCUT2D eigenvalue weighted by molar-refractivity contribution is -0.230. The number of nitrogens with one attached hydrogen (secondary N) is 1. The van der Waals surface area contributed by atoms with Crippen molar-refractivity contribution in [3.63, 3.8) is 0 Å². The Morgan fingerprint density at radius 2 is 1.47 bits per heavy atom. The van der Waals surface area contributed by atoms with Gasteiger partial charge in [-0.05, 0) is 85.0 Å². The van der Waals surface area contributed by atoms with E-state index in [9.17, 15) is 43.1 Å². The van der Waals surface area contributed by atoms with Gasteiger partial charge in [0.2, 0.25) is 15.9 Å². The molecule has 3 aromatic carbocycles. The van der Waals surface area contributed by atoms with Crippen molar-refractivity contribution in [1.29, 1.82) is 0 Å². The smallest absolute Gasteiger partial charge is 0.233 e. The van der Waals surface area contributed by atoms with Gasteiger partial charge in [-0.25, -0.2) is 17.5 Å². The quantitative estimate of drug-likeness (QED) is 0.103. The average Bonchev–Trinajstić information content (AvgIpc) is 3.08. The van der Waals surface area contributed by atoms with Gasteiger partial charge < -0.3 is 35.2 Å². The van der Waals surface area contributed by atoms with E-state index in [1.807, 2.05) is 48.5 Å². The maximum absolute atomic E-state index is 13.6. The summed E-state index contributed by atoms with van der Waals surface area (Å²) < 4.78 is 44.2. The van der Waals surface area contributed by atoms with Gasteiger partial charge >= 0.3 is 0 Å². The number of hydrogen-bond acceptors (Lipinski definition) is 9. The minimum atomic E-state index is -3.25. The number of nitrogens with zero attached hydrogens (tertiary/aromatic N) is 1. The van der Waals surface area contributed by atoms with Crippen molar-refractivity contribution in [2.24, 2.45) is 5.92 Å². The number of sulfonamides is 1. The molecule has 6 N–H and O–H groups in total. The SMILES string of the molecule is CS(=O)(=O)NCCCc1ccc(N2C(=O)[C@H](CC[C@H](O)c3ccc(F)cc3)[C@H]2c2ccc(CCC3O[C@H](CO)[C@@H](O)[C@H](O)[C@H]3O)cc2)cc1. The van der Waals surface area contributed by atoms with Gasteiger partial charge in [-0.1, -0.05) is 48.5 Å². The molecule has 5 rings (SSSR count). The summed E-state index contributed by atoms with van der Waals surface area (Å²) in [6, 6.07) is 20.7. The van der Waals surface area contributed by atoms with Crippen LogP contribution >= 0.6 is 0 Å². The molecule has 13 heteroatoms. The van der Waals surface area contributed by atoms with Gasteiger partial charge in [-0.15, -0.1) is 0 Å². The molecule has 2 heterocycles. The first kappa shape index (κ1) is 37.0. The highest BCUT2D eigenvalue weighted by atomic mass is 32.2. The number of aliphatic hydroxyl groups excluding tert-OH is 5.